The summed E-state index contributed by atoms with van der Waals surface area (Å²) in [6.45, 7) is 2.93. The topological polar surface area (TPSA) is 48.5 Å². The van der Waals surface area contributed by atoms with Crippen molar-refractivity contribution in [2.24, 2.45) is 0 Å². The molecule has 0 saturated carbocycles. The first-order valence-electron chi connectivity index (χ1n) is 12.0. The van der Waals surface area contributed by atoms with Gasteiger partial charge in [-0.15, -0.1) is 10.2 Å². The third-order valence-corrected chi connectivity index (χ3v) is 7.28. The monoisotopic (exact) mass is 487 g/mol. The van der Waals surface area contributed by atoms with Crippen molar-refractivity contribution in [3.63, 3.8) is 0 Å². The maximum absolute atomic E-state index is 4.93. The molecule has 0 atom stereocenters. The van der Waals surface area contributed by atoms with Crippen molar-refractivity contribution in [3.8, 4) is 28.3 Å². The van der Waals surface area contributed by atoms with Crippen LogP contribution >= 0.6 is 11.8 Å². The summed E-state index contributed by atoms with van der Waals surface area (Å²) in [4.78, 5) is 4.93. The minimum absolute atomic E-state index is 0.783. The summed E-state index contributed by atoms with van der Waals surface area (Å²) < 4.78 is 4.33. The average molecular weight is 488 g/mol. The van der Waals surface area contributed by atoms with Crippen LogP contribution in [0.5, 0.6) is 0 Å². The van der Waals surface area contributed by atoms with E-state index in [-0.39, 0.29) is 0 Å². The predicted molar refractivity (Wildman–Crippen MR) is 147 cm³/mol. The summed E-state index contributed by atoms with van der Waals surface area (Å²) in [6, 6.07) is 33.4. The van der Waals surface area contributed by atoms with Gasteiger partial charge in [-0.2, -0.15) is 0 Å². The second-order valence-corrected chi connectivity index (χ2v) is 9.48. The number of para-hydroxylation sites is 1. The molecule has 0 aliphatic rings. The second-order valence-electron chi connectivity index (χ2n) is 8.54. The molecule has 0 radical (unpaired) electrons. The SMILES string of the molecule is CCn1c(SCc2cccc(-n3cccc3)c2)nnc1-c1cc(-c2ccccc2)nc2ccccc12. The molecule has 3 aromatic carbocycles. The van der Waals surface area contributed by atoms with Crippen molar-refractivity contribution in [1.29, 1.82) is 0 Å². The van der Waals surface area contributed by atoms with Crippen molar-refractivity contribution in [2.75, 3.05) is 0 Å². The first-order chi connectivity index (χ1) is 17.8. The van der Waals surface area contributed by atoms with Gasteiger partial charge in [-0.1, -0.05) is 72.4 Å². The van der Waals surface area contributed by atoms with Crippen molar-refractivity contribution in [1.82, 2.24) is 24.3 Å². The molecule has 0 saturated heterocycles. The van der Waals surface area contributed by atoms with Crippen LogP contribution in [0.4, 0.5) is 0 Å². The maximum atomic E-state index is 4.93. The Kier molecular flexibility index (Phi) is 6.10. The molecular formula is C30H25N5S. The molecule has 0 spiro atoms. The van der Waals surface area contributed by atoms with Gasteiger partial charge in [0.2, 0.25) is 0 Å². The Morgan fingerprint density at radius 3 is 2.42 bits per heavy atom. The van der Waals surface area contributed by atoms with E-state index in [1.54, 1.807) is 11.8 Å². The maximum Gasteiger partial charge on any atom is 0.191 e. The minimum Gasteiger partial charge on any atom is -0.324 e. The van der Waals surface area contributed by atoms with Gasteiger partial charge in [0, 0.05) is 46.9 Å². The zero-order valence-electron chi connectivity index (χ0n) is 20.0. The lowest BCUT2D eigenvalue weighted by atomic mass is 10.0. The molecule has 0 aliphatic carbocycles. The molecule has 5 nitrogen and oxygen atoms in total. The van der Waals surface area contributed by atoms with Gasteiger partial charge in [-0.3, -0.25) is 0 Å². The van der Waals surface area contributed by atoms with E-state index in [1.165, 1.54) is 5.56 Å². The molecule has 0 fully saturated rings. The van der Waals surface area contributed by atoms with E-state index in [0.29, 0.717) is 0 Å². The first-order valence-corrected chi connectivity index (χ1v) is 13.0. The molecule has 3 aromatic heterocycles. The number of pyridine rings is 1. The number of thioether (sulfide) groups is 1. The fourth-order valence-electron chi connectivity index (χ4n) is 4.46. The summed E-state index contributed by atoms with van der Waals surface area (Å²) in [5, 5.41) is 11.3. The van der Waals surface area contributed by atoms with Crippen LogP contribution in [0.15, 0.2) is 115 Å². The molecular weight excluding hydrogens is 462 g/mol. The molecule has 0 aliphatic heterocycles. The molecule has 6 rings (SSSR count). The highest BCUT2D eigenvalue weighted by molar-refractivity contribution is 7.98. The van der Waals surface area contributed by atoms with Crippen LogP contribution in [0.2, 0.25) is 0 Å². The minimum atomic E-state index is 0.783. The van der Waals surface area contributed by atoms with E-state index in [1.807, 2.05) is 36.4 Å². The van der Waals surface area contributed by atoms with Crippen molar-refractivity contribution in [3.05, 3.63) is 115 Å². The number of rotatable bonds is 7. The first kappa shape index (κ1) is 22.3. The number of fused-ring (bicyclic) bond motifs is 1. The Balaban J connectivity index is 1.36. The Morgan fingerprint density at radius 2 is 1.58 bits per heavy atom. The molecule has 6 heteroatoms. The number of hydrogen-bond acceptors (Lipinski definition) is 4. The summed E-state index contributed by atoms with van der Waals surface area (Å²) >= 11 is 1.72. The fourth-order valence-corrected chi connectivity index (χ4v) is 5.40. The van der Waals surface area contributed by atoms with Crippen molar-refractivity contribution < 1.29 is 0 Å². The van der Waals surface area contributed by atoms with Crippen LogP contribution in [0.25, 0.3) is 39.2 Å². The van der Waals surface area contributed by atoms with Gasteiger partial charge in [0.05, 0.1) is 11.2 Å². The summed E-state index contributed by atoms with van der Waals surface area (Å²) in [5.74, 6) is 1.69. The predicted octanol–water partition coefficient (Wildman–Crippen LogP) is 7.26. The van der Waals surface area contributed by atoms with Crippen LogP contribution in [0, 0.1) is 0 Å². The van der Waals surface area contributed by atoms with E-state index >= 15 is 0 Å². The number of aromatic nitrogens is 5. The summed E-state index contributed by atoms with van der Waals surface area (Å²) in [5.41, 5.74) is 6.44. The van der Waals surface area contributed by atoms with Crippen LogP contribution in [-0.2, 0) is 12.3 Å². The second kappa shape index (κ2) is 9.84. The van der Waals surface area contributed by atoms with Gasteiger partial charge < -0.3 is 9.13 Å². The Hall–Kier alpha value is -4.16. The lowest BCUT2D eigenvalue weighted by Crippen LogP contribution is -2.01. The standard InChI is InChI=1S/C30H25N5S/c1-2-35-29(26-20-28(23-12-4-3-5-13-23)31-27-16-7-6-15-25(26)27)32-33-30(35)36-21-22-11-10-14-24(19-22)34-17-8-9-18-34/h3-20H,2,21H2,1H3. The Morgan fingerprint density at radius 1 is 0.778 bits per heavy atom. The Bertz CT molecular complexity index is 1620. The lowest BCUT2D eigenvalue weighted by Gasteiger charge is -2.12. The van der Waals surface area contributed by atoms with Crippen LogP contribution < -0.4 is 0 Å². The largest absolute Gasteiger partial charge is 0.324 e. The number of benzene rings is 3. The number of hydrogen-bond donors (Lipinski definition) is 0. The summed E-state index contributed by atoms with van der Waals surface area (Å²) in [7, 11) is 0. The molecule has 3 heterocycles. The van der Waals surface area contributed by atoms with Crippen molar-refractivity contribution >= 4 is 22.7 Å². The van der Waals surface area contributed by atoms with E-state index in [0.717, 1.165) is 56.7 Å². The van der Waals surface area contributed by atoms with Crippen LogP contribution in [-0.4, -0.2) is 24.3 Å². The third kappa shape index (κ3) is 4.32. The summed E-state index contributed by atoms with van der Waals surface area (Å²) in [6.07, 6.45) is 4.13. The van der Waals surface area contributed by atoms with E-state index in [2.05, 4.69) is 99.3 Å². The van der Waals surface area contributed by atoms with Crippen LogP contribution in [0.1, 0.15) is 12.5 Å². The smallest absolute Gasteiger partial charge is 0.191 e. The van der Waals surface area contributed by atoms with Gasteiger partial charge in [0.15, 0.2) is 11.0 Å². The number of nitrogens with zero attached hydrogens (tertiary/aromatic N) is 5. The molecule has 0 amide bonds. The van der Waals surface area contributed by atoms with Crippen LogP contribution in [0.3, 0.4) is 0 Å². The molecule has 0 N–H and O–H groups in total. The molecule has 36 heavy (non-hydrogen) atoms. The van der Waals surface area contributed by atoms with E-state index < -0.39 is 0 Å². The van der Waals surface area contributed by atoms with Crippen molar-refractivity contribution in [2.45, 2.75) is 24.4 Å². The van der Waals surface area contributed by atoms with Gasteiger partial charge in [-0.25, -0.2) is 4.98 Å². The molecule has 0 unspecified atom stereocenters. The highest BCUT2D eigenvalue weighted by Crippen LogP contribution is 2.33. The molecule has 0 bridgehead atoms. The van der Waals surface area contributed by atoms with Gasteiger partial charge >= 0.3 is 0 Å². The highest BCUT2D eigenvalue weighted by Gasteiger charge is 2.18. The zero-order chi connectivity index (χ0) is 24.3. The average Bonchev–Trinajstić information content (AvgIpc) is 3.62. The normalized spacial score (nSPS) is 11.2. The van der Waals surface area contributed by atoms with Gasteiger partial charge in [0.25, 0.3) is 0 Å². The third-order valence-electron chi connectivity index (χ3n) is 6.24. The zero-order valence-corrected chi connectivity index (χ0v) is 20.8. The fraction of sp³-hybridized carbons (Fsp3) is 0.100. The highest BCUT2D eigenvalue weighted by atomic mass is 32.2. The van der Waals surface area contributed by atoms with E-state index in [4.69, 9.17) is 4.98 Å². The molecule has 176 valence electrons. The van der Waals surface area contributed by atoms with Gasteiger partial charge in [0.1, 0.15) is 0 Å². The lowest BCUT2D eigenvalue weighted by molar-refractivity contribution is 0.687. The Labute approximate surface area is 214 Å². The quantitative estimate of drug-likeness (QED) is 0.222. The van der Waals surface area contributed by atoms with Gasteiger partial charge in [-0.05, 0) is 48.9 Å². The van der Waals surface area contributed by atoms with E-state index in [9.17, 15) is 0 Å². The molecule has 6 aromatic rings.